The fourth-order valence-electron chi connectivity index (χ4n) is 6.19. The van der Waals surface area contributed by atoms with E-state index in [-0.39, 0.29) is 5.41 Å². The van der Waals surface area contributed by atoms with E-state index < -0.39 is 0 Å². The summed E-state index contributed by atoms with van der Waals surface area (Å²) in [6.45, 7) is 9.74. The molecule has 2 bridgehead atoms. The normalized spacial score (nSPS) is 36.0. The number of anilines is 1. The second kappa shape index (κ2) is 6.02. The first-order valence-corrected chi connectivity index (χ1v) is 11.2. The fraction of sp³-hybridized carbons (Fsp3) is 0.739. The Morgan fingerprint density at radius 2 is 2.21 bits per heavy atom. The lowest BCUT2D eigenvalue weighted by molar-refractivity contribution is -0.0105. The molecule has 0 radical (unpaired) electrons. The van der Waals surface area contributed by atoms with Gasteiger partial charge in [-0.3, -0.25) is 4.90 Å². The summed E-state index contributed by atoms with van der Waals surface area (Å²) >= 11 is 0. The van der Waals surface area contributed by atoms with Gasteiger partial charge in [-0.2, -0.15) is 0 Å². The van der Waals surface area contributed by atoms with Crippen LogP contribution in [-0.4, -0.2) is 47.2 Å². The molecule has 28 heavy (non-hydrogen) atoms. The number of ether oxygens (including phenoxy) is 1. The number of hydrogen-bond acceptors (Lipinski definition) is 5. The minimum absolute atomic E-state index is 0.0450. The molecule has 3 heterocycles. The molecule has 1 aromatic rings. The Hall–Kier alpha value is -1.46. The van der Waals surface area contributed by atoms with Gasteiger partial charge in [-0.05, 0) is 55.9 Å². The highest BCUT2D eigenvalue weighted by atomic mass is 16.5. The Morgan fingerprint density at radius 3 is 3.00 bits per heavy atom. The van der Waals surface area contributed by atoms with Gasteiger partial charge in [0.05, 0.1) is 24.3 Å². The topological polar surface area (TPSA) is 50.3 Å². The smallest absolute Gasteiger partial charge is 0.223 e. The van der Waals surface area contributed by atoms with Crippen molar-refractivity contribution in [2.24, 2.45) is 17.3 Å². The third-order valence-corrected chi connectivity index (χ3v) is 8.34. The van der Waals surface area contributed by atoms with Gasteiger partial charge >= 0.3 is 0 Å². The zero-order valence-corrected chi connectivity index (χ0v) is 17.2. The van der Waals surface area contributed by atoms with Crippen LogP contribution in [0.2, 0.25) is 0 Å². The minimum atomic E-state index is 0.0450. The SMILES string of the molecule is CC1(C)[C@@H]2CC=C(CN3CCC4(COCc5cnc(NC6CC6)nc54)C3)[C@H]1C2. The highest BCUT2D eigenvalue weighted by Gasteiger charge is 2.52. The molecule has 1 saturated heterocycles. The van der Waals surface area contributed by atoms with Crippen molar-refractivity contribution in [3.8, 4) is 0 Å². The number of fused-ring (bicyclic) bond motifs is 3. The maximum atomic E-state index is 6.03. The summed E-state index contributed by atoms with van der Waals surface area (Å²) in [6.07, 6.45) is 10.9. The number of aromatic nitrogens is 2. The molecule has 3 fully saturated rings. The predicted octanol–water partition coefficient (Wildman–Crippen LogP) is 3.52. The van der Waals surface area contributed by atoms with E-state index in [9.17, 15) is 0 Å². The summed E-state index contributed by atoms with van der Waals surface area (Å²) in [6, 6.07) is 0.585. The predicted molar refractivity (Wildman–Crippen MR) is 109 cm³/mol. The second-order valence-corrected chi connectivity index (χ2v) is 10.5. The molecule has 5 nitrogen and oxygen atoms in total. The summed E-state index contributed by atoms with van der Waals surface area (Å²) in [5.74, 6) is 2.53. The Balaban J connectivity index is 1.22. The standard InChI is InChI=1S/C23H32N4O/c1-22(2)17-4-3-15(19(22)9-17)11-27-8-7-23(13-27)14-28-12-16-10-24-21(26-20(16)23)25-18-5-6-18/h3,10,17-19H,4-9,11-14H2,1-2H3,(H,24,25,26)/t17-,19-,23?/m1/s1. The van der Waals surface area contributed by atoms with Crippen LogP contribution in [0, 0.1) is 17.3 Å². The van der Waals surface area contributed by atoms with E-state index in [1.165, 1.54) is 36.9 Å². The molecule has 3 atom stereocenters. The second-order valence-electron chi connectivity index (χ2n) is 10.5. The molecular formula is C23H32N4O. The highest BCUT2D eigenvalue weighted by molar-refractivity contribution is 5.38. The zero-order chi connectivity index (χ0) is 18.9. The van der Waals surface area contributed by atoms with Crippen molar-refractivity contribution < 1.29 is 4.74 Å². The first-order chi connectivity index (χ1) is 13.5. The monoisotopic (exact) mass is 380 g/mol. The Bertz CT molecular complexity index is 830. The van der Waals surface area contributed by atoms with Gasteiger partial charge in [-0.15, -0.1) is 0 Å². The van der Waals surface area contributed by atoms with Crippen molar-refractivity contribution in [1.82, 2.24) is 14.9 Å². The van der Waals surface area contributed by atoms with E-state index in [1.807, 2.05) is 6.20 Å². The Labute approximate surface area is 168 Å². The molecule has 2 saturated carbocycles. The van der Waals surface area contributed by atoms with Crippen LogP contribution in [0.5, 0.6) is 0 Å². The molecule has 1 aromatic heterocycles. The van der Waals surface area contributed by atoms with Crippen LogP contribution in [0.25, 0.3) is 0 Å². The van der Waals surface area contributed by atoms with E-state index in [4.69, 9.17) is 9.72 Å². The maximum Gasteiger partial charge on any atom is 0.223 e. The van der Waals surface area contributed by atoms with Crippen LogP contribution < -0.4 is 5.32 Å². The third-order valence-electron chi connectivity index (χ3n) is 8.34. The van der Waals surface area contributed by atoms with E-state index >= 15 is 0 Å². The Kier molecular flexibility index (Phi) is 3.74. The maximum absolute atomic E-state index is 6.03. The summed E-state index contributed by atoms with van der Waals surface area (Å²) < 4.78 is 6.03. The molecule has 7 rings (SSSR count). The van der Waals surface area contributed by atoms with Gasteiger partial charge in [-0.25, -0.2) is 9.97 Å². The molecule has 1 spiro atoms. The quantitative estimate of drug-likeness (QED) is 0.810. The molecule has 0 amide bonds. The molecule has 0 aromatic carbocycles. The summed E-state index contributed by atoms with van der Waals surface area (Å²) in [5, 5.41) is 3.48. The van der Waals surface area contributed by atoms with Gasteiger partial charge in [0.15, 0.2) is 0 Å². The lowest BCUT2D eigenvalue weighted by Crippen LogP contribution is -2.50. The van der Waals surface area contributed by atoms with Crippen LogP contribution in [0.1, 0.15) is 57.2 Å². The lowest BCUT2D eigenvalue weighted by atomic mass is 9.49. The number of hydrogen-bond donors (Lipinski definition) is 1. The fourth-order valence-corrected chi connectivity index (χ4v) is 6.19. The Morgan fingerprint density at radius 1 is 1.32 bits per heavy atom. The van der Waals surface area contributed by atoms with Crippen molar-refractivity contribution in [2.75, 3.05) is 31.6 Å². The molecule has 2 aliphatic heterocycles. The summed E-state index contributed by atoms with van der Waals surface area (Å²) in [7, 11) is 0. The average molecular weight is 381 g/mol. The highest BCUT2D eigenvalue weighted by Crippen LogP contribution is 2.59. The van der Waals surface area contributed by atoms with Crippen molar-refractivity contribution in [1.29, 1.82) is 0 Å². The number of rotatable bonds is 4. The molecule has 4 aliphatic carbocycles. The van der Waals surface area contributed by atoms with Gasteiger partial charge in [0, 0.05) is 30.9 Å². The zero-order valence-electron chi connectivity index (χ0n) is 17.2. The van der Waals surface area contributed by atoms with Gasteiger partial charge in [0.2, 0.25) is 5.95 Å². The average Bonchev–Trinajstić information content (AvgIpc) is 3.42. The molecule has 1 N–H and O–H groups in total. The van der Waals surface area contributed by atoms with E-state index in [1.54, 1.807) is 5.57 Å². The van der Waals surface area contributed by atoms with Crippen LogP contribution in [0.3, 0.4) is 0 Å². The molecule has 1 unspecified atom stereocenters. The summed E-state index contributed by atoms with van der Waals surface area (Å²) in [5.41, 5.74) is 4.69. The minimum Gasteiger partial charge on any atom is -0.376 e. The molecule has 6 aliphatic rings. The molecule has 5 heteroatoms. The van der Waals surface area contributed by atoms with Crippen molar-refractivity contribution in [3.63, 3.8) is 0 Å². The van der Waals surface area contributed by atoms with Crippen LogP contribution in [0.4, 0.5) is 5.95 Å². The van der Waals surface area contributed by atoms with Crippen LogP contribution in [0.15, 0.2) is 17.8 Å². The van der Waals surface area contributed by atoms with Crippen LogP contribution >= 0.6 is 0 Å². The number of likely N-dealkylation sites (tertiary alicyclic amines) is 1. The number of nitrogens with one attached hydrogen (secondary N) is 1. The van der Waals surface area contributed by atoms with E-state index in [0.29, 0.717) is 18.1 Å². The summed E-state index contributed by atoms with van der Waals surface area (Å²) in [4.78, 5) is 12.2. The van der Waals surface area contributed by atoms with Crippen molar-refractivity contribution in [3.05, 3.63) is 29.1 Å². The van der Waals surface area contributed by atoms with E-state index in [2.05, 4.69) is 35.1 Å². The van der Waals surface area contributed by atoms with Gasteiger partial charge in [-0.1, -0.05) is 25.5 Å². The van der Waals surface area contributed by atoms with E-state index in [0.717, 1.165) is 50.4 Å². The number of nitrogens with zero attached hydrogens (tertiary/aromatic N) is 3. The van der Waals surface area contributed by atoms with Crippen molar-refractivity contribution in [2.45, 2.75) is 64.0 Å². The van der Waals surface area contributed by atoms with Gasteiger partial charge < -0.3 is 10.1 Å². The third kappa shape index (κ3) is 2.66. The molecular weight excluding hydrogens is 348 g/mol. The first-order valence-electron chi connectivity index (χ1n) is 11.2. The van der Waals surface area contributed by atoms with Crippen molar-refractivity contribution >= 4 is 5.95 Å². The van der Waals surface area contributed by atoms with Gasteiger partial charge in [0.25, 0.3) is 0 Å². The lowest BCUT2D eigenvalue weighted by Gasteiger charge is -2.57. The molecule has 150 valence electrons. The van der Waals surface area contributed by atoms with Gasteiger partial charge in [0.1, 0.15) is 0 Å². The first kappa shape index (κ1) is 17.4. The largest absolute Gasteiger partial charge is 0.376 e. The van der Waals surface area contributed by atoms with Crippen LogP contribution in [-0.2, 0) is 16.8 Å². The number of allylic oxidation sites excluding steroid dienone is 1.